The number of fused-ring (bicyclic) bond motifs is 5. The van der Waals surface area contributed by atoms with Gasteiger partial charge in [0.15, 0.2) is 6.29 Å². The Labute approximate surface area is 259 Å². The third-order valence-corrected chi connectivity index (χ3v) is 14.0. The van der Waals surface area contributed by atoms with Crippen molar-refractivity contribution in [2.24, 2.45) is 45.3 Å². The first-order valence-electron chi connectivity index (χ1n) is 17.0. The molecule has 5 rings (SSSR count). The standard InChI is InChI=1S/C36H60O7/c1-20(2)10-9-11-21(3)22-12-16-36(8)28(22)23(38)18-26-34(6)15-14-27(33(4,5)25(34)13-17-35(26,36)7)43-32-31(41)30(40)29(39)24(19-37)42-32/h10-11,22-32,37-41H,9,12-19H2,1-8H3/b21-11-/t22-,23+,24-,25?,26?,27?,28+,29-,30+,31-,32+,34+,35-,36+/m1/s1. The maximum Gasteiger partial charge on any atom is 0.186 e. The number of rotatable bonds is 6. The van der Waals surface area contributed by atoms with E-state index in [0.29, 0.717) is 17.8 Å². The van der Waals surface area contributed by atoms with Crippen molar-refractivity contribution in [2.45, 2.75) is 150 Å². The minimum Gasteiger partial charge on any atom is -0.394 e. The van der Waals surface area contributed by atoms with Gasteiger partial charge in [0.1, 0.15) is 24.4 Å². The Hall–Kier alpha value is -0.800. The van der Waals surface area contributed by atoms with Gasteiger partial charge in [-0.2, -0.15) is 0 Å². The summed E-state index contributed by atoms with van der Waals surface area (Å²) in [6.45, 7) is 18.2. The van der Waals surface area contributed by atoms with E-state index in [0.717, 1.165) is 51.4 Å². The fraction of sp³-hybridized carbons (Fsp3) is 0.889. The minimum atomic E-state index is -1.44. The molecule has 5 N–H and O–H groups in total. The van der Waals surface area contributed by atoms with E-state index in [4.69, 9.17) is 9.47 Å². The molecule has 7 nitrogen and oxygen atoms in total. The van der Waals surface area contributed by atoms with Gasteiger partial charge in [-0.25, -0.2) is 0 Å². The summed E-state index contributed by atoms with van der Waals surface area (Å²) in [4.78, 5) is 0. The first-order chi connectivity index (χ1) is 20.0. The van der Waals surface area contributed by atoms with E-state index in [2.05, 4.69) is 67.5 Å². The molecule has 5 aliphatic rings. The smallest absolute Gasteiger partial charge is 0.186 e. The van der Waals surface area contributed by atoms with Gasteiger partial charge in [0.25, 0.3) is 0 Å². The zero-order valence-electron chi connectivity index (χ0n) is 27.9. The van der Waals surface area contributed by atoms with Gasteiger partial charge < -0.3 is 35.0 Å². The van der Waals surface area contributed by atoms with Gasteiger partial charge in [-0.1, -0.05) is 57.9 Å². The fourth-order valence-corrected chi connectivity index (χ4v) is 11.5. The summed E-state index contributed by atoms with van der Waals surface area (Å²) in [7, 11) is 0. The molecule has 0 spiro atoms. The minimum absolute atomic E-state index is 0.0348. The van der Waals surface area contributed by atoms with Crippen LogP contribution in [0.25, 0.3) is 0 Å². The molecule has 0 aromatic heterocycles. The molecule has 5 fully saturated rings. The lowest BCUT2D eigenvalue weighted by atomic mass is 9.35. The van der Waals surface area contributed by atoms with Crippen molar-refractivity contribution in [3.63, 3.8) is 0 Å². The van der Waals surface area contributed by atoms with Crippen molar-refractivity contribution >= 4 is 0 Å². The van der Waals surface area contributed by atoms with Gasteiger partial charge in [-0.3, -0.25) is 0 Å². The third-order valence-electron chi connectivity index (χ3n) is 14.0. The molecule has 4 saturated carbocycles. The van der Waals surface area contributed by atoms with E-state index in [9.17, 15) is 25.5 Å². The van der Waals surface area contributed by atoms with Crippen LogP contribution >= 0.6 is 0 Å². The number of hydrogen-bond donors (Lipinski definition) is 5. The van der Waals surface area contributed by atoms with Crippen molar-refractivity contribution in [1.29, 1.82) is 0 Å². The molecule has 3 unspecified atom stereocenters. The van der Waals surface area contributed by atoms with E-state index < -0.39 is 37.3 Å². The summed E-state index contributed by atoms with van der Waals surface area (Å²) in [5, 5.41) is 52.9. The highest BCUT2D eigenvalue weighted by molar-refractivity contribution is 5.23. The van der Waals surface area contributed by atoms with Crippen LogP contribution in [-0.4, -0.2) is 75.1 Å². The number of hydrogen-bond acceptors (Lipinski definition) is 7. The largest absolute Gasteiger partial charge is 0.394 e. The van der Waals surface area contributed by atoms with Gasteiger partial charge >= 0.3 is 0 Å². The first kappa shape index (κ1) is 33.6. The summed E-state index contributed by atoms with van der Waals surface area (Å²) >= 11 is 0. The van der Waals surface area contributed by atoms with E-state index in [1.807, 2.05) is 0 Å². The molecule has 0 aromatic rings. The predicted octanol–water partition coefficient (Wildman–Crippen LogP) is 5.13. The Kier molecular flexibility index (Phi) is 9.19. The van der Waals surface area contributed by atoms with Gasteiger partial charge in [0.05, 0.1) is 18.8 Å². The Balaban J connectivity index is 1.38. The highest BCUT2D eigenvalue weighted by Crippen LogP contribution is 2.75. The molecule has 1 aliphatic heterocycles. The molecule has 0 aromatic carbocycles. The van der Waals surface area contributed by atoms with Crippen LogP contribution in [0.5, 0.6) is 0 Å². The molecular formula is C36H60O7. The van der Waals surface area contributed by atoms with Crippen LogP contribution < -0.4 is 0 Å². The van der Waals surface area contributed by atoms with Crippen molar-refractivity contribution in [3.8, 4) is 0 Å². The Morgan fingerprint density at radius 2 is 1.49 bits per heavy atom. The molecule has 7 heteroatoms. The average molecular weight is 605 g/mol. The highest BCUT2D eigenvalue weighted by Gasteiger charge is 2.70. The van der Waals surface area contributed by atoms with Crippen molar-refractivity contribution in [2.75, 3.05) is 6.61 Å². The van der Waals surface area contributed by atoms with Crippen molar-refractivity contribution in [1.82, 2.24) is 0 Å². The molecule has 246 valence electrons. The quantitative estimate of drug-likeness (QED) is 0.211. The SMILES string of the molecule is CC(C)=CC/C=C(/C)[C@H]1CC[C@@]2(C)[C@@H]1[C@@H](O)CC1[C@@]3(C)CCC(O[C@@H]4O[C@H](CO)[C@@H](O)[C@H](O)[C@H]4O)C(C)(C)C3CC[C@]12C. The summed E-state index contributed by atoms with van der Waals surface area (Å²) < 4.78 is 12.2. The lowest BCUT2D eigenvalue weighted by Gasteiger charge is -2.70. The van der Waals surface area contributed by atoms with Gasteiger partial charge in [-0.15, -0.1) is 0 Å². The van der Waals surface area contributed by atoms with Crippen LogP contribution in [0.3, 0.4) is 0 Å². The number of allylic oxidation sites excluding steroid dienone is 4. The number of ether oxygens (including phenoxy) is 2. The molecule has 0 radical (unpaired) electrons. The maximum absolute atomic E-state index is 12.0. The zero-order valence-corrected chi connectivity index (χ0v) is 27.9. The molecule has 0 amide bonds. The monoisotopic (exact) mass is 604 g/mol. The van der Waals surface area contributed by atoms with Crippen LogP contribution in [0, 0.1) is 45.3 Å². The van der Waals surface area contributed by atoms with Crippen molar-refractivity contribution in [3.05, 3.63) is 23.3 Å². The molecule has 0 bridgehead atoms. The lowest BCUT2D eigenvalue weighted by molar-refractivity contribution is -0.331. The highest BCUT2D eigenvalue weighted by atomic mass is 16.7. The Morgan fingerprint density at radius 3 is 2.14 bits per heavy atom. The third kappa shape index (κ3) is 5.21. The number of aliphatic hydroxyl groups excluding tert-OH is 5. The second-order valence-electron chi connectivity index (χ2n) is 16.6. The van der Waals surface area contributed by atoms with Gasteiger partial charge in [-0.05, 0) is 117 Å². The molecular weight excluding hydrogens is 544 g/mol. The van der Waals surface area contributed by atoms with Crippen LogP contribution in [0.2, 0.25) is 0 Å². The molecule has 4 aliphatic carbocycles. The van der Waals surface area contributed by atoms with E-state index in [1.54, 1.807) is 0 Å². The predicted molar refractivity (Wildman–Crippen MR) is 167 cm³/mol. The summed E-state index contributed by atoms with van der Waals surface area (Å²) in [5.41, 5.74) is 2.80. The molecule has 1 heterocycles. The second-order valence-corrected chi connectivity index (χ2v) is 16.6. The lowest BCUT2D eigenvalue weighted by Crippen LogP contribution is -2.67. The average Bonchev–Trinajstić information content (AvgIpc) is 3.31. The summed E-state index contributed by atoms with van der Waals surface area (Å²) in [5.74, 6) is 1.48. The van der Waals surface area contributed by atoms with Crippen molar-refractivity contribution < 1.29 is 35.0 Å². The molecule has 14 atom stereocenters. The molecule has 1 saturated heterocycles. The van der Waals surface area contributed by atoms with E-state index >= 15 is 0 Å². The number of aliphatic hydroxyl groups is 5. The summed E-state index contributed by atoms with van der Waals surface area (Å²) in [6, 6.07) is 0. The van der Waals surface area contributed by atoms with E-state index in [1.165, 1.54) is 11.1 Å². The van der Waals surface area contributed by atoms with Gasteiger partial charge in [0.2, 0.25) is 0 Å². The van der Waals surface area contributed by atoms with Gasteiger partial charge in [0, 0.05) is 0 Å². The fourth-order valence-electron chi connectivity index (χ4n) is 11.5. The zero-order chi connectivity index (χ0) is 31.7. The topological polar surface area (TPSA) is 120 Å². The van der Waals surface area contributed by atoms with E-state index in [-0.39, 0.29) is 39.8 Å². The van der Waals surface area contributed by atoms with Crippen LogP contribution in [0.1, 0.15) is 107 Å². The van der Waals surface area contributed by atoms with Crippen LogP contribution in [0.4, 0.5) is 0 Å². The first-order valence-corrected chi connectivity index (χ1v) is 17.0. The summed E-state index contributed by atoms with van der Waals surface area (Å²) in [6.07, 6.45) is 5.90. The molecule has 43 heavy (non-hydrogen) atoms. The Bertz CT molecular complexity index is 1080. The van der Waals surface area contributed by atoms with Crippen LogP contribution in [0.15, 0.2) is 23.3 Å². The maximum atomic E-state index is 12.0. The second kappa shape index (κ2) is 11.8. The Morgan fingerprint density at radius 1 is 0.814 bits per heavy atom. The van der Waals surface area contributed by atoms with Crippen LogP contribution in [-0.2, 0) is 9.47 Å². The normalized spacial score (nSPS) is 51.3.